The summed E-state index contributed by atoms with van der Waals surface area (Å²) in [4.78, 5) is 2.44. The molecule has 0 radical (unpaired) electrons. The summed E-state index contributed by atoms with van der Waals surface area (Å²) in [6.07, 6.45) is 14.0. The summed E-state index contributed by atoms with van der Waals surface area (Å²) in [5, 5.41) is 0. The summed E-state index contributed by atoms with van der Waals surface area (Å²) in [6.45, 7) is 0. The van der Waals surface area contributed by atoms with Gasteiger partial charge in [0.2, 0.25) is 0 Å². The molecule has 0 heterocycles. The highest BCUT2D eigenvalue weighted by atomic mass is 15.1. The molecule has 0 aromatic heterocycles. The Hall–Kier alpha value is -12.4. The first-order valence-corrected chi connectivity index (χ1v) is 35.1. The summed E-state index contributed by atoms with van der Waals surface area (Å²) in [5.41, 5.74) is 31.0. The van der Waals surface area contributed by atoms with Gasteiger partial charge in [-0.25, -0.2) is 0 Å². The van der Waals surface area contributed by atoms with Gasteiger partial charge in [-0.1, -0.05) is 352 Å². The van der Waals surface area contributed by atoms with Gasteiger partial charge in [0.05, 0.1) is 16.2 Å². The minimum Gasteiger partial charge on any atom is -0.311 e. The molecule has 18 rings (SSSR count). The Morgan fingerprint density at radius 3 is 0.840 bits per heavy atom. The van der Waals surface area contributed by atoms with E-state index in [1.165, 1.54) is 117 Å². The highest BCUT2D eigenvalue weighted by molar-refractivity contribution is 5.99. The molecule has 14 aromatic rings. The molecule has 0 unspecified atom stereocenters. The lowest BCUT2D eigenvalue weighted by atomic mass is 9.61. The van der Waals surface area contributed by atoms with E-state index in [2.05, 4.69) is 411 Å². The van der Waals surface area contributed by atoms with Crippen molar-refractivity contribution in [2.24, 2.45) is 0 Å². The summed E-state index contributed by atoms with van der Waals surface area (Å²) < 4.78 is 0. The molecule has 0 bridgehead atoms. The van der Waals surface area contributed by atoms with Crippen molar-refractivity contribution in [3.05, 3.63) is 511 Å². The highest BCUT2D eigenvalue weighted by Crippen LogP contribution is 2.57. The van der Waals surface area contributed by atoms with Gasteiger partial charge < -0.3 is 4.90 Å². The highest BCUT2D eigenvalue weighted by Gasteiger charge is 2.47. The van der Waals surface area contributed by atoms with E-state index in [1.54, 1.807) is 0 Å². The topological polar surface area (TPSA) is 3.24 Å². The lowest BCUT2D eigenvalue weighted by Gasteiger charge is -2.40. The Labute approximate surface area is 587 Å². The van der Waals surface area contributed by atoms with E-state index in [0.717, 1.165) is 46.6 Å². The standard InChI is InChI=1S/C99H71N/c1-7-34-76(35-8-1)97(77-36-9-2-10-37-77)91-49-25-19-31-73(91)67-88(85-46-22-28-52-94(85)97)70-55-61-82(62-56-70)100(83-63-57-71(58-64-83)89-68-74-32-20-26-50-92(74)98(78-38-11-3-12-39-78,79-40-13-4-14-41-79)95-53-29-23-47-86(89)95)84-65-59-72(60-66-84)90-69-75-33-21-27-51-93(75)99(80-42-15-5-16-43-80,81-44-17-6-18-45-81)96-54-30-24-48-87(90)96/h1-26,28-50,52-69H,27,51H2. The van der Waals surface area contributed by atoms with Gasteiger partial charge in [-0.15, -0.1) is 0 Å². The van der Waals surface area contributed by atoms with E-state index < -0.39 is 16.2 Å². The smallest absolute Gasteiger partial charge is 0.0713 e. The Morgan fingerprint density at radius 1 is 0.230 bits per heavy atom. The first kappa shape index (κ1) is 60.0. The third-order valence-corrected chi connectivity index (χ3v) is 21.7. The number of nitrogens with zero attached hydrogens (tertiary/aromatic N) is 1. The molecule has 4 aliphatic carbocycles. The number of allylic oxidation sites excluding steroid dienone is 5. The maximum atomic E-state index is 2.48. The molecule has 14 aromatic carbocycles. The molecule has 0 spiro atoms. The third kappa shape index (κ3) is 9.67. The van der Waals surface area contributed by atoms with Crippen LogP contribution < -0.4 is 4.90 Å². The molecule has 0 atom stereocenters. The zero-order valence-corrected chi connectivity index (χ0v) is 55.5. The van der Waals surface area contributed by atoms with Gasteiger partial charge in [-0.2, -0.15) is 0 Å². The van der Waals surface area contributed by atoms with Crippen LogP contribution in [-0.4, -0.2) is 0 Å². The van der Waals surface area contributed by atoms with E-state index in [1.807, 2.05) is 0 Å². The molecule has 0 aliphatic heterocycles. The second kappa shape index (κ2) is 25.2. The van der Waals surface area contributed by atoms with Gasteiger partial charge in [0.25, 0.3) is 0 Å². The Bertz CT molecular complexity index is 5170. The van der Waals surface area contributed by atoms with Crippen molar-refractivity contribution < 1.29 is 0 Å². The van der Waals surface area contributed by atoms with Crippen LogP contribution in [0.4, 0.5) is 17.1 Å². The molecular formula is C99H71N. The van der Waals surface area contributed by atoms with Crippen molar-refractivity contribution in [1.82, 2.24) is 0 Å². The van der Waals surface area contributed by atoms with Crippen LogP contribution in [0.5, 0.6) is 0 Å². The van der Waals surface area contributed by atoms with Crippen LogP contribution in [0.25, 0.3) is 28.9 Å². The third-order valence-electron chi connectivity index (χ3n) is 21.7. The van der Waals surface area contributed by atoms with Crippen LogP contribution in [0.3, 0.4) is 0 Å². The van der Waals surface area contributed by atoms with Gasteiger partial charge in [0, 0.05) is 17.1 Å². The fraction of sp³-hybridized carbons (Fsp3) is 0.0505. The number of anilines is 3. The van der Waals surface area contributed by atoms with E-state index in [0.29, 0.717) is 0 Å². The van der Waals surface area contributed by atoms with E-state index >= 15 is 0 Å². The Morgan fingerprint density at radius 2 is 0.500 bits per heavy atom. The average molecular weight is 1270 g/mol. The molecule has 0 saturated carbocycles. The first-order chi connectivity index (χ1) is 49.6. The van der Waals surface area contributed by atoms with E-state index in [-0.39, 0.29) is 0 Å². The van der Waals surface area contributed by atoms with Crippen molar-refractivity contribution in [3.8, 4) is 0 Å². The van der Waals surface area contributed by atoms with Crippen molar-refractivity contribution >= 4 is 45.9 Å². The summed E-state index contributed by atoms with van der Waals surface area (Å²) in [7, 11) is 0. The van der Waals surface area contributed by atoms with E-state index in [9.17, 15) is 0 Å². The molecule has 0 fully saturated rings. The predicted molar refractivity (Wildman–Crippen MR) is 416 cm³/mol. The van der Waals surface area contributed by atoms with Crippen LogP contribution in [0.1, 0.15) is 119 Å². The van der Waals surface area contributed by atoms with Gasteiger partial charge in [0.15, 0.2) is 0 Å². The maximum absolute atomic E-state index is 2.48. The van der Waals surface area contributed by atoms with Crippen LogP contribution >= 0.6 is 0 Å². The molecule has 472 valence electrons. The molecular weight excluding hydrogens is 1200 g/mol. The van der Waals surface area contributed by atoms with Crippen molar-refractivity contribution in [2.45, 2.75) is 29.1 Å². The first-order valence-electron chi connectivity index (χ1n) is 35.1. The van der Waals surface area contributed by atoms with Crippen LogP contribution in [-0.2, 0) is 16.2 Å². The summed E-state index contributed by atoms with van der Waals surface area (Å²) >= 11 is 0. The van der Waals surface area contributed by atoms with Gasteiger partial charge >= 0.3 is 0 Å². The number of rotatable bonds is 12. The summed E-state index contributed by atoms with van der Waals surface area (Å²) in [5.74, 6) is 0. The fourth-order valence-electron chi connectivity index (χ4n) is 17.5. The average Bonchev–Trinajstić information content (AvgIpc) is 1.47. The lowest BCUT2D eigenvalue weighted by Crippen LogP contribution is -2.33. The lowest BCUT2D eigenvalue weighted by molar-refractivity contribution is 0.671. The van der Waals surface area contributed by atoms with Gasteiger partial charge in [-0.05, 0) is 201 Å². The minimum atomic E-state index is -0.595. The zero-order valence-electron chi connectivity index (χ0n) is 55.5. The van der Waals surface area contributed by atoms with Crippen molar-refractivity contribution in [1.29, 1.82) is 0 Å². The maximum Gasteiger partial charge on any atom is 0.0713 e. The van der Waals surface area contributed by atoms with Crippen LogP contribution in [0, 0.1) is 0 Å². The van der Waals surface area contributed by atoms with Crippen LogP contribution in [0.2, 0.25) is 0 Å². The summed E-state index contributed by atoms with van der Waals surface area (Å²) in [6, 6.07) is 140. The Balaban J connectivity index is 0.793. The molecule has 1 nitrogen and oxygen atoms in total. The molecule has 0 saturated heterocycles. The van der Waals surface area contributed by atoms with Gasteiger partial charge in [-0.3, -0.25) is 0 Å². The SMILES string of the molecule is C1=CC2=C(CC1)C(c1ccccc1)(c1ccccc1)c1ccccc1C(c1ccc(N(c3ccc(C4=Cc5ccccc5C(c5ccccc5)(c5ccccc5)c5ccccc54)cc3)c3ccc(C4=Cc5ccccc5C(c5ccccc5)(c5ccccc5)c5ccccc54)cc3)cc1)=C2. The van der Waals surface area contributed by atoms with Crippen LogP contribution in [0.15, 0.2) is 405 Å². The minimum absolute atomic E-state index is 0.511. The largest absolute Gasteiger partial charge is 0.311 e. The van der Waals surface area contributed by atoms with Crippen molar-refractivity contribution in [3.63, 3.8) is 0 Å². The molecule has 0 amide bonds. The Kier molecular flexibility index (Phi) is 15.1. The number of hydrogen-bond donors (Lipinski definition) is 0. The van der Waals surface area contributed by atoms with Crippen molar-refractivity contribution in [2.75, 3.05) is 4.90 Å². The molecule has 0 N–H and O–H groups in total. The fourth-order valence-corrected chi connectivity index (χ4v) is 17.5. The second-order valence-corrected chi connectivity index (χ2v) is 26.8. The quantitative estimate of drug-likeness (QED) is 0.118. The monoisotopic (exact) mass is 1270 g/mol. The molecule has 1 heteroatoms. The van der Waals surface area contributed by atoms with E-state index in [4.69, 9.17) is 0 Å². The molecule has 100 heavy (non-hydrogen) atoms. The number of benzene rings is 14. The van der Waals surface area contributed by atoms with Gasteiger partial charge in [0.1, 0.15) is 0 Å². The number of fused-ring (bicyclic) bond motifs is 5. The second-order valence-electron chi connectivity index (χ2n) is 26.8. The predicted octanol–water partition coefficient (Wildman–Crippen LogP) is 24.2. The zero-order chi connectivity index (χ0) is 66.5. The normalized spacial score (nSPS) is 15.1. The molecule has 4 aliphatic rings. The number of hydrogen-bond acceptors (Lipinski definition) is 1.